The van der Waals surface area contributed by atoms with Gasteiger partial charge in [0.25, 0.3) is 0 Å². The molecule has 0 saturated carbocycles. The van der Waals surface area contributed by atoms with Crippen LogP contribution < -0.4 is 0 Å². The predicted molar refractivity (Wildman–Crippen MR) is 117 cm³/mol. The van der Waals surface area contributed by atoms with Gasteiger partial charge < -0.3 is 4.90 Å². The molecule has 0 aliphatic carbocycles. The van der Waals surface area contributed by atoms with Gasteiger partial charge in [0.1, 0.15) is 10.6 Å². The molecule has 2 aromatic heterocycles. The van der Waals surface area contributed by atoms with Gasteiger partial charge >= 0.3 is 0 Å². The minimum Gasteiger partial charge on any atom is -0.340 e. The van der Waals surface area contributed by atoms with Gasteiger partial charge in [-0.3, -0.25) is 14.5 Å². The summed E-state index contributed by atoms with van der Waals surface area (Å²) in [7, 11) is -2.05. The van der Waals surface area contributed by atoms with Crippen molar-refractivity contribution in [1.82, 2.24) is 24.0 Å². The smallest absolute Gasteiger partial charge is 0.246 e. The normalized spacial score (nSPS) is 15.2. The Balaban J connectivity index is 1.48. The number of pyridine rings is 1. The number of amides is 1. The van der Waals surface area contributed by atoms with Crippen molar-refractivity contribution in [1.29, 1.82) is 0 Å². The van der Waals surface area contributed by atoms with Crippen molar-refractivity contribution in [2.45, 2.75) is 18.2 Å². The van der Waals surface area contributed by atoms with Crippen LogP contribution >= 0.6 is 0 Å². The number of hydrogen-bond acceptors (Lipinski definition) is 5. The molecule has 1 saturated heterocycles. The molecule has 31 heavy (non-hydrogen) atoms. The van der Waals surface area contributed by atoms with Gasteiger partial charge in [-0.2, -0.15) is 9.40 Å². The lowest BCUT2D eigenvalue weighted by Gasteiger charge is -2.34. The summed E-state index contributed by atoms with van der Waals surface area (Å²) in [5.41, 5.74) is 3.11. The zero-order valence-electron chi connectivity index (χ0n) is 17.6. The first kappa shape index (κ1) is 21.2. The number of hydrogen-bond donors (Lipinski definition) is 0. The Hall–Kier alpha value is -3.04. The minimum atomic E-state index is -3.75. The number of carbonyl (C=O) groups excluding carboxylic acids is 1. The highest BCUT2D eigenvalue weighted by molar-refractivity contribution is 7.89. The lowest BCUT2D eigenvalue weighted by Crippen LogP contribution is -2.50. The zero-order valence-corrected chi connectivity index (χ0v) is 18.4. The number of carbonyl (C=O) groups is 1. The monoisotopic (exact) mass is 439 g/mol. The van der Waals surface area contributed by atoms with Crippen molar-refractivity contribution >= 4 is 15.9 Å². The van der Waals surface area contributed by atoms with E-state index >= 15 is 0 Å². The van der Waals surface area contributed by atoms with Gasteiger partial charge in [-0.15, -0.1) is 0 Å². The van der Waals surface area contributed by atoms with Crippen LogP contribution in [0.15, 0.2) is 59.9 Å². The third-order valence-electron chi connectivity index (χ3n) is 5.54. The van der Waals surface area contributed by atoms with Crippen molar-refractivity contribution < 1.29 is 13.2 Å². The molecule has 1 amide bonds. The number of aromatic nitrogens is 3. The third kappa shape index (κ3) is 4.38. The van der Waals surface area contributed by atoms with Crippen LogP contribution in [-0.4, -0.2) is 64.5 Å². The Kier molecular flexibility index (Phi) is 5.88. The van der Waals surface area contributed by atoms with Crippen LogP contribution in [-0.2, 0) is 28.3 Å². The fourth-order valence-electron chi connectivity index (χ4n) is 3.76. The molecule has 0 spiro atoms. The number of nitrogens with zero attached hydrogens (tertiary/aromatic N) is 5. The van der Waals surface area contributed by atoms with Gasteiger partial charge in [0.05, 0.1) is 6.42 Å². The second-order valence-electron chi connectivity index (χ2n) is 7.65. The highest BCUT2D eigenvalue weighted by Gasteiger charge is 2.33. The van der Waals surface area contributed by atoms with Gasteiger partial charge in [-0.1, -0.05) is 24.3 Å². The third-order valence-corrected chi connectivity index (χ3v) is 7.44. The lowest BCUT2D eigenvalue weighted by atomic mass is 10.1. The molecule has 0 N–H and O–H groups in total. The summed E-state index contributed by atoms with van der Waals surface area (Å²) in [4.78, 5) is 18.7. The van der Waals surface area contributed by atoms with Crippen LogP contribution in [0.4, 0.5) is 0 Å². The first-order valence-corrected chi connectivity index (χ1v) is 11.6. The largest absolute Gasteiger partial charge is 0.340 e. The number of aryl methyl sites for hydroxylation is 2. The molecule has 0 radical (unpaired) electrons. The number of benzene rings is 1. The van der Waals surface area contributed by atoms with E-state index < -0.39 is 10.0 Å². The molecule has 0 unspecified atom stereocenters. The summed E-state index contributed by atoms with van der Waals surface area (Å²) in [5, 5.41) is 4.35. The topological polar surface area (TPSA) is 88.4 Å². The molecular formula is C22H25N5O3S. The van der Waals surface area contributed by atoms with Crippen molar-refractivity contribution in [2.24, 2.45) is 7.05 Å². The van der Waals surface area contributed by atoms with Gasteiger partial charge in [0, 0.05) is 57.4 Å². The predicted octanol–water partition coefficient (Wildman–Crippen LogP) is 1.87. The highest BCUT2D eigenvalue weighted by Crippen LogP contribution is 2.28. The molecule has 1 aromatic carbocycles. The molecule has 162 valence electrons. The molecule has 3 heterocycles. The molecule has 3 aromatic rings. The molecule has 1 aliphatic rings. The van der Waals surface area contributed by atoms with E-state index in [2.05, 4.69) is 10.1 Å². The first-order valence-electron chi connectivity index (χ1n) is 10.1. The summed E-state index contributed by atoms with van der Waals surface area (Å²) in [6, 6.07) is 11.4. The summed E-state index contributed by atoms with van der Waals surface area (Å²) < 4.78 is 29.6. The van der Waals surface area contributed by atoms with Gasteiger partial charge in [0.15, 0.2) is 0 Å². The quantitative estimate of drug-likeness (QED) is 0.606. The van der Waals surface area contributed by atoms with Crippen LogP contribution in [0.3, 0.4) is 0 Å². The van der Waals surface area contributed by atoms with Crippen molar-refractivity contribution in [3.05, 3.63) is 66.1 Å². The van der Waals surface area contributed by atoms with Crippen molar-refractivity contribution in [3.63, 3.8) is 0 Å². The molecule has 1 aliphatic heterocycles. The maximum atomic E-state index is 13.4. The SMILES string of the molecule is Cc1ccccc1CC(=O)N1CCN(S(=O)(=O)c2cn(C)nc2-c2cccnc2)CC1. The molecule has 4 rings (SSSR count). The average Bonchev–Trinajstić information content (AvgIpc) is 3.18. The Labute approximate surface area is 182 Å². The van der Waals surface area contributed by atoms with E-state index in [-0.39, 0.29) is 23.9 Å². The Morgan fingerprint density at radius 2 is 1.81 bits per heavy atom. The molecule has 8 nitrogen and oxygen atoms in total. The van der Waals surface area contributed by atoms with E-state index in [4.69, 9.17) is 0 Å². The number of sulfonamides is 1. The maximum Gasteiger partial charge on any atom is 0.246 e. The van der Waals surface area contributed by atoms with Gasteiger partial charge in [-0.25, -0.2) is 8.42 Å². The van der Waals surface area contributed by atoms with E-state index in [1.807, 2.05) is 31.2 Å². The second-order valence-corrected chi connectivity index (χ2v) is 9.55. The summed E-state index contributed by atoms with van der Waals surface area (Å²) in [6.45, 7) is 3.23. The van der Waals surface area contributed by atoms with Crippen molar-refractivity contribution in [3.8, 4) is 11.3 Å². The summed E-state index contributed by atoms with van der Waals surface area (Å²) >= 11 is 0. The minimum absolute atomic E-state index is 0.0174. The maximum absolute atomic E-state index is 13.4. The van der Waals surface area contributed by atoms with E-state index in [0.29, 0.717) is 30.8 Å². The molecular weight excluding hydrogens is 414 g/mol. The standard InChI is InChI=1S/C22H25N5O3S/c1-17-6-3-4-7-18(17)14-21(28)26-10-12-27(13-11-26)31(29,30)20-16-25(2)24-22(20)19-8-5-9-23-15-19/h3-9,15-16H,10-14H2,1-2H3. The van der Waals surface area contributed by atoms with Crippen molar-refractivity contribution in [2.75, 3.05) is 26.2 Å². The fraction of sp³-hybridized carbons (Fsp3) is 0.318. The Morgan fingerprint density at radius 1 is 1.06 bits per heavy atom. The van der Waals surface area contributed by atoms with Crippen LogP contribution in [0.2, 0.25) is 0 Å². The average molecular weight is 440 g/mol. The zero-order chi connectivity index (χ0) is 22.0. The van der Waals surface area contributed by atoms with Gasteiger partial charge in [-0.05, 0) is 30.2 Å². The van der Waals surface area contributed by atoms with E-state index in [1.165, 1.54) is 15.2 Å². The molecule has 1 fully saturated rings. The van der Waals surface area contributed by atoms with Gasteiger partial charge in [0.2, 0.25) is 15.9 Å². The fourth-order valence-corrected chi connectivity index (χ4v) is 5.37. The van der Waals surface area contributed by atoms with Crippen LogP contribution in [0, 0.1) is 6.92 Å². The number of rotatable bonds is 5. The van der Waals surface area contributed by atoms with E-state index in [0.717, 1.165) is 11.1 Å². The summed E-state index contributed by atoms with van der Waals surface area (Å²) in [5.74, 6) is 0.0174. The highest BCUT2D eigenvalue weighted by atomic mass is 32.2. The Morgan fingerprint density at radius 3 is 2.48 bits per heavy atom. The lowest BCUT2D eigenvalue weighted by molar-refractivity contribution is -0.131. The number of piperazine rings is 1. The van der Waals surface area contributed by atoms with E-state index in [9.17, 15) is 13.2 Å². The summed E-state index contributed by atoms with van der Waals surface area (Å²) in [6.07, 6.45) is 5.08. The second kappa shape index (κ2) is 8.60. The van der Waals surface area contributed by atoms with Crippen LogP contribution in [0.5, 0.6) is 0 Å². The Bertz CT molecular complexity index is 1180. The molecule has 9 heteroatoms. The van der Waals surface area contributed by atoms with Crippen LogP contribution in [0.25, 0.3) is 11.3 Å². The van der Waals surface area contributed by atoms with Crippen LogP contribution in [0.1, 0.15) is 11.1 Å². The molecule has 0 bridgehead atoms. The molecule has 0 atom stereocenters. The van der Waals surface area contributed by atoms with E-state index in [1.54, 1.807) is 36.5 Å². The first-order chi connectivity index (χ1) is 14.9.